The number of benzene rings is 1. The first-order chi connectivity index (χ1) is 8.75. The summed E-state index contributed by atoms with van der Waals surface area (Å²) in [5.74, 6) is 0.0365. The summed E-state index contributed by atoms with van der Waals surface area (Å²) < 4.78 is 38.0. The van der Waals surface area contributed by atoms with Crippen molar-refractivity contribution >= 4 is 11.6 Å². The van der Waals surface area contributed by atoms with Gasteiger partial charge in [0.1, 0.15) is 0 Å². The first kappa shape index (κ1) is 16.3. The second-order valence-electron chi connectivity index (χ2n) is 4.64. The largest absolute Gasteiger partial charge is 0.417 e. The van der Waals surface area contributed by atoms with Gasteiger partial charge in [0, 0.05) is 19.2 Å². The molecule has 1 rings (SSSR count). The van der Waals surface area contributed by atoms with Crippen LogP contribution in [0.25, 0.3) is 0 Å². The highest BCUT2D eigenvalue weighted by Gasteiger charge is 2.33. The average molecular weight is 296 g/mol. The molecule has 0 radical (unpaired) electrons. The van der Waals surface area contributed by atoms with E-state index < -0.39 is 11.7 Å². The van der Waals surface area contributed by atoms with Crippen molar-refractivity contribution in [2.24, 2.45) is 5.92 Å². The first-order valence-electron chi connectivity index (χ1n) is 5.95. The molecule has 0 aliphatic heterocycles. The zero-order chi connectivity index (χ0) is 14.6. The van der Waals surface area contributed by atoms with Crippen molar-refractivity contribution in [1.29, 1.82) is 0 Å². The van der Waals surface area contributed by atoms with Crippen molar-refractivity contribution in [2.75, 3.05) is 6.61 Å². The van der Waals surface area contributed by atoms with Gasteiger partial charge in [-0.1, -0.05) is 24.6 Å². The Morgan fingerprint density at radius 1 is 1.32 bits per heavy atom. The normalized spacial score (nSPS) is 15.3. The zero-order valence-corrected chi connectivity index (χ0v) is 11.5. The fraction of sp³-hybridized carbons (Fsp3) is 0.538. The maximum absolute atomic E-state index is 12.7. The van der Waals surface area contributed by atoms with Crippen LogP contribution in [0.1, 0.15) is 25.0 Å². The Labute approximate surface area is 115 Å². The van der Waals surface area contributed by atoms with E-state index in [0.717, 1.165) is 6.07 Å². The second-order valence-corrected chi connectivity index (χ2v) is 5.05. The standard InChI is InChI=1S/C13H17ClF3NO/c1-8(7-19)9(2)18-6-10-3-4-12(14)11(5-10)13(15,16)17/h3-5,8-9,18-19H,6-7H2,1-2H3. The summed E-state index contributed by atoms with van der Waals surface area (Å²) in [7, 11) is 0. The van der Waals surface area contributed by atoms with Crippen LogP contribution >= 0.6 is 11.6 Å². The lowest BCUT2D eigenvalue weighted by Crippen LogP contribution is -2.33. The number of hydrogen-bond acceptors (Lipinski definition) is 2. The molecule has 2 nitrogen and oxygen atoms in total. The highest BCUT2D eigenvalue weighted by molar-refractivity contribution is 6.31. The number of aliphatic hydroxyl groups is 1. The summed E-state index contributed by atoms with van der Waals surface area (Å²) >= 11 is 5.54. The minimum absolute atomic E-state index is 0.00927. The molecule has 2 N–H and O–H groups in total. The third kappa shape index (κ3) is 4.67. The summed E-state index contributed by atoms with van der Waals surface area (Å²) in [5, 5.41) is 11.8. The van der Waals surface area contributed by atoms with Crippen molar-refractivity contribution in [2.45, 2.75) is 32.6 Å². The number of nitrogens with one attached hydrogen (secondary N) is 1. The van der Waals surface area contributed by atoms with Gasteiger partial charge in [-0.05, 0) is 30.5 Å². The zero-order valence-electron chi connectivity index (χ0n) is 10.8. The molecule has 0 aliphatic rings. The van der Waals surface area contributed by atoms with E-state index in [1.54, 1.807) is 6.07 Å². The summed E-state index contributed by atoms with van der Waals surface area (Å²) in [6.45, 7) is 4.07. The fourth-order valence-corrected chi connectivity index (χ4v) is 1.76. The molecule has 0 saturated carbocycles. The van der Waals surface area contributed by atoms with E-state index >= 15 is 0 Å². The van der Waals surface area contributed by atoms with E-state index in [9.17, 15) is 13.2 Å². The lowest BCUT2D eigenvalue weighted by Gasteiger charge is -2.19. The van der Waals surface area contributed by atoms with Crippen molar-refractivity contribution in [3.63, 3.8) is 0 Å². The molecule has 0 saturated heterocycles. The van der Waals surface area contributed by atoms with Gasteiger partial charge in [0.2, 0.25) is 0 Å². The Balaban J connectivity index is 2.76. The van der Waals surface area contributed by atoms with E-state index in [1.807, 2.05) is 13.8 Å². The molecule has 0 amide bonds. The molecule has 0 spiro atoms. The lowest BCUT2D eigenvalue weighted by atomic mass is 10.0. The van der Waals surface area contributed by atoms with E-state index in [-0.39, 0.29) is 23.6 Å². The molecule has 1 aromatic rings. The number of rotatable bonds is 5. The molecule has 2 atom stereocenters. The van der Waals surface area contributed by atoms with Crippen molar-refractivity contribution < 1.29 is 18.3 Å². The first-order valence-corrected chi connectivity index (χ1v) is 6.33. The van der Waals surface area contributed by atoms with Gasteiger partial charge >= 0.3 is 6.18 Å². The van der Waals surface area contributed by atoms with E-state index in [2.05, 4.69) is 5.32 Å². The van der Waals surface area contributed by atoms with Crippen molar-refractivity contribution in [3.05, 3.63) is 34.3 Å². The lowest BCUT2D eigenvalue weighted by molar-refractivity contribution is -0.137. The van der Waals surface area contributed by atoms with Gasteiger partial charge < -0.3 is 10.4 Å². The molecule has 0 aromatic heterocycles. The van der Waals surface area contributed by atoms with E-state index in [1.165, 1.54) is 6.07 Å². The van der Waals surface area contributed by atoms with Crippen LogP contribution in [0.2, 0.25) is 5.02 Å². The molecule has 2 unspecified atom stereocenters. The van der Waals surface area contributed by atoms with Crippen LogP contribution in [-0.4, -0.2) is 17.8 Å². The SMILES string of the molecule is CC(CO)C(C)NCc1ccc(Cl)c(C(F)(F)F)c1. The van der Waals surface area contributed by atoms with Crippen LogP contribution in [0, 0.1) is 5.92 Å². The average Bonchev–Trinajstić information content (AvgIpc) is 2.35. The van der Waals surface area contributed by atoms with Crippen LogP contribution in [0.15, 0.2) is 18.2 Å². The maximum Gasteiger partial charge on any atom is 0.417 e. The summed E-state index contributed by atoms with van der Waals surface area (Å²) in [6.07, 6.45) is -4.45. The summed E-state index contributed by atoms with van der Waals surface area (Å²) in [6, 6.07) is 3.86. The topological polar surface area (TPSA) is 32.3 Å². The van der Waals surface area contributed by atoms with Gasteiger partial charge in [-0.3, -0.25) is 0 Å². The van der Waals surface area contributed by atoms with E-state index in [4.69, 9.17) is 16.7 Å². The smallest absolute Gasteiger partial charge is 0.396 e. The number of halogens is 4. The van der Waals surface area contributed by atoms with Gasteiger partial charge in [0.15, 0.2) is 0 Å². The molecular weight excluding hydrogens is 279 g/mol. The molecule has 0 heterocycles. The molecule has 108 valence electrons. The molecule has 1 aromatic carbocycles. The molecule has 6 heteroatoms. The highest BCUT2D eigenvalue weighted by atomic mass is 35.5. The maximum atomic E-state index is 12.7. The van der Waals surface area contributed by atoms with Crippen LogP contribution < -0.4 is 5.32 Å². The molecule has 19 heavy (non-hydrogen) atoms. The van der Waals surface area contributed by atoms with Crippen molar-refractivity contribution in [1.82, 2.24) is 5.32 Å². The van der Waals surface area contributed by atoms with Crippen LogP contribution in [0.4, 0.5) is 13.2 Å². The highest BCUT2D eigenvalue weighted by Crippen LogP contribution is 2.35. The molecule has 0 bridgehead atoms. The predicted molar refractivity (Wildman–Crippen MR) is 69.0 cm³/mol. The van der Waals surface area contributed by atoms with Gasteiger partial charge in [-0.15, -0.1) is 0 Å². The predicted octanol–water partition coefficient (Wildman–Crippen LogP) is 3.47. The Kier molecular flexibility index (Phi) is 5.64. The fourth-order valence-electron chi connectivity index (χ4n) is 1.54. The van der Waals surface area contributed by atoms with Gasteiger partial charge in [-0.25, -0.2) is 0 Å². The quantitative estimate of drug-likeness (QED) is 0.872. The molecule has 0 fully saturated rings. The van der Waals surface area contributed by atoms with Crippen LogP contribution in [-0.2, 0) is 12.7 Å². The molecular formula is C13H17ClF3NO. The number of aliphatic hydroxyl groups excluding tert-OH is 1. The Bertz CT molecular complexity index is 423. The third-order valence-electron chi connectivity index (χ3n) is 3.11. The number of alkyl halides is 3. The Morgan fingerprint density at radius 3 is 2.47 bits per heavy atom. The molecule has 0 aliphatic carbocycles. The van der Waals surface area contributed by atoms with Crippen LogP contribution in [0.3, 0.4) is 0 Å². The van der Waals surface area contributed by atoms with E-state index in [0.29, 0.717) is 12.1 Å². The van der Waals surface area contributed by atoms with Crippen LogP contribution in [0.5, 0.6) is 0 Å². The van der Waals surface area contributed by atoms with Gasteiger partial charge in [0.05, 0.1) is 10.6 Å². The van der Waals surface area contributed by atoms with Gasteiger partial charge in [0.25, 0.3) is 0 Å². The monoisotopic (exact) mass is 295 g/mol. The summed E-state index contributed by atoms with van der Waals surface area (Å²) in [5.41, 5.74) is -0.315. The number of hydrogen-bond donors (Lipinski definition) is 2. The second kappa shape index (κ2) is 6.59. The minimum Gasteiger partial charge on any atom is -0.396 e. The van der Waals surface area contributed by atoms with Crippen molar-refractivity contribution in [3.8, 4) is 0 Å². The minimum atomic E-state index is -4.45. The third-order valence-corrected chi connectivity index (χ3v) is 3.44. The Morgan fingerprint density at radius 2 is 1.95 bits per heavy atom. The van der Waals surface area contributed by atoms with Gasteiger partial charge in [-0.2, -0.15) is 13.2 Å². The summed E-state index contributed by atoms with van der Waals surface area (Å²) in [4.78, 5) is 0. The Hall–Kier alpha value is -0.780.